The fraction of sp³-hybridized carbons (Fsp3) is 0.0952. The van der Waals surface area contributed by atoms with Crippen molar-refractivity contribution in [3.8, 4) is 11.8 Å². The molecule has 0 bridgehead atoms. The molecule has 1 amide bonds. The third-order valence-electron chi connectivity index (χ3n) is 3.63. The van der Waals surface area contributed by atoms with Crippen LogP contribution in [0, 0.1) is 11.8 Å². The summed E-state index contributed by atoms with van der Waals surface area (Å²) in [6.07, 6.45) is -0.480. The normalized spacial score (nSPS) is 9.92. The predicted molar refractivity (Wildman–Crippen MR) is 99.9 cm³/mol. The summed E-state index contributed by atoms with van der Waals surface area (Å²) in [5.41, 5.74) is 8.34. The van der Waals surface area contributed by atoms with Crippen molar-refractivity contribution in [1.82, 2.24) is 5.32 Å². The Balaban J connectivity index is 1.50. The van der Waals surface area contributed by atoms with Crippen molar-refractivity contribution in [2.75, 3.05) is 12.3 Å². The monoisotopic (exact) mass is 330 g/mol. The number of rotatable bonds is 3. The van der Waals surface area contributed by atoms with Gasteiger partial charge in [0.25, 0.3) is 0 Å². The Bertz CT molecular complexity index is 940. The average Bonchev–Trinajstić information content (AvgIpc) is 2.64. The quantitative estimate of drug-likeness (QED) is 0.568. The molecule has 0 atom stereocenters. The van der Waals surface area contributed by atoms with Crippen molar-refractivity contribution in [3.63, 3.8) is 0 Å². The molecule has 0 spiro atoms. The van der Waals surface area contributed by atoms with Gasteiger partial charge in [-0.1, -0.05) is 54.3 Å². The number of nitrogen functional groups attached to an aromatic ring is 1. The number of benzene rings is 3. The second-order valence-corrected chi connectivity index (χ2v) is 5.54. The number of nitrogens with two attached hydrogens (primary N) is 1. The molecule has 0 aliphatic heterocycles. The fourth-order valence-corrected chi connectivity index (χ4v) is 2.38. The topological polar surface area (TPSA) is 64.3 Å². The molecule has 0 aliphatic carbocycles. The van der Waals surface area contributed by atoms with E-state index in [1.165, 1.54) is 0 Å². The molecule has 0 fully saturated rings. The molecular formula is C21H18N2O2. The number of hydrogen-bond donors (Lipinski definition) is 2. The molecule has 0 unspecified atom stereocenters. The standard InChI is InChI=1S/C21H18N2O2/c22-20-11-10-18-13-16(8-9-19(18)14-20)7-4-12-23-21(24)25-15-17-5-2-1-3-6-17/h1-3,5-6,8-11,13-14H,12,15,22H2,(H,23,24). The first kappa shape index (κ1) is 16.4. The van der Waals surface area contributed by atoms with Gasteiger partial charge in [0.15, 0.2) is 0 Å². The Labute approximate surface area is 146 Å². The van der Waals surface area contributed by atoms with E-state index in [1.54, 1.807) is 0 Å². The van der Waals surface area contributed by atoms with E-state index in [4.69, 9.17) is 10.5 Å². The Morgan fingerprint density at radius 1 is 1.00 bits per heavy atom. The molecule has 4 heteroatoms. The van der Waals surface area contributed by atoms with E-state index in [1.807, 2.05) is 66.7 Å². The van der Waals surface area contributed by atoms with E-state index >= 15 is 0 Å². The lowest BCUT2D eigenvalue weighted by Gasteiger charge is -2.04. The maximum atomic E-state index is 11.6. The summed E-state index contributed by atoms with van der Waals surface area (Å²) in [6.45, 7) is 0.474. The maximum Gasteiger partial charge on any atom is 0.408 e. The molecule has 124 valence electrons. The molecule has 3 rings (SSSR count). The van der Waals surface area contributed by atoms with Gasteiger partial charge in [0.1, 0.15) is 6.61 Å². The number of carbonyl (C=O) groups is 1. The molecule has 0 aromatic heterocycles. The first-order valence-electron chi connectivity index (χ1n) is 7.93. The second kappa shape index (κ2) is 7.89. The van der Waals surface area contributed by atoms with Gasteiger partial charge in [0.2, 0.25) is 0 Å². The highest BCUT2D eigenvalue weighted by Crippen LogP contribution is 2.18. The van der Waals surface area contributed by atoms with Crippen LogP contribution in [0.4, 0.5) is 10.5 Å². The summed E-state index contributed by atoms with van der Waals surface area (Å²) < 4.78 is 5.12. The lowest BCUT2D eigenvalue weighted by molar-refractivity contribution is 0.141. The van der Waals surface area contributed by atoms with Crippen molar-refractivity contribution < 1.29 is 9.53 Å². The predicted octanol–water partition coefficient (Wildman–Crippen LogP) is 3.70. The molecule has 0 saturated carbocycles. The highest BCUT2D eigenvalue weighted by Gasteiger charge is 2.00. The van der Waals surface area contributed by atoms with Gasteiger partial charge in [0, 0.05) is 11.3 Å². The summed E-state index contributed by atoms with van der Waals surface area (Å²) in [7, 11) is 0. The molecule has 0 heterocycles. The van der Waals surface area contributed by atoms with Crippen LogP contribution in [0.25, 0.3) is 10.8 Å². The van der Waals surface area contributed by atoms with Gasteiger partial charge in [-0.05, 0) is 40.6 Å². The van der Waals surface area contributed by atoms with Crippen LogP contribution in [0.2, 0.25) is 0 Å². The van der Waals surface area contributed by atoms with Gasteiger partial charge in [-0.3, -0.25) is 0 Å². The Kier molecular flexibility index (Phi) is 5.18. The van der Waals surface area contributed by atoms with Gasteiger partial charge in [-0.15, -0.1) is 0 Å². The van der Waals surface area contributed by atoms with Crippen LogP contribution in [-0.2, 0) is 11.3 Å². The van der Waals surface area contributed by atoms with Crippen molar-refractivity contribution in [1.29, 1.82) is 0 Å². The molecule has 0 saturated heterocycles. The minimum Gasteiger partial charge on any atom is -0.445 e. The van der Waals surface area contributed by atoms with Gasteiger partial charge < -0.3 is 15.8 Å². The largest absolute Gasteiger partial charge is 0.445 e. The Morgan fingerprint density at radius 3 is 2.60 bits per heavy atom. The van der Waals surface area contributed by atoms with Crippen molar-refractivity contribution in [2.24, 2.45) is 0 Å². The van der Waals surface area contributed by atoms with Crippen LogP contribution < -0.4 is 11.1 Å². The summed E-state index contributed by atoms with van der Waals surface area (Å²) in [6, 6.07) is 21.2. The number of hydrogen-bond acceptors (Lipinski definition) is 3. The number of fused-ring (bicyclic) bond motifs is 1. The number of carbonyl (C=O) groups excluding carboxylic acids is 1. The van der Waals surface area contributed by atoms with Crippen LogP contribution in [0.1, 0.15) is 11.1 Å². The van der Waals surface area contributed by atoms with Crippen molar-refractivity contribution in [2.45, 2.75) is 6.61 Å². The van der Waals surface area contributed by atoms with E-state index < -0.39 is 6.09 Å². The van der Waals surface area contributed by atoms with Crippen LogP contribution in [0.5, 0.6) is 0 Å². The van der Waals surface area contributed by atoms with Gasteiger partial charge in [0.05, 0.1) is 6.54 Å². The third-order valence-corrected chi connectivity index (χ3v) is 3.63. The summed E-state index contributed by atoms with van der Waals surface area (Å²) in [5, 5.41) is 4.77. The fourth-order valence-electron chi connectivity index (χ4n) is 2.38. The lowest BCUT2D eigenvalue weighted by atomic mass is 10.1. The lowest BCUT2D eigenvalue weighted by Crippen LogP contribution is -2.24. The van der Waals surface area contributed by atoms with Crippen LogP contribution >= 0.6 is 0 Å². The molecule has 3 aromatic rings. The van der Waals surface area contributed by atoms with E-state index in [0.717, 1.165) is 27.6 Å². The van der Waals surface area contributed by atoms with E-state index in [0.29, 0.717) is 0 Å². The zero-order valence-corrected chi connectivity index (χ0v) is 13.7. The van der Waals surface area contributed by atoms with E-state index in [-0.39, 0.29) is 13.2 Å². The zero-order chi connectivity index (χ0) is 17.5. The second-order valence-electron chi connectivity index (χ2n) is 5.54. The highest BCUT2D eigenvalue weighted by molar-refractivity contribution is 5.86. The first-order chi connectivity index (χ1) is 12.2. The highest BCUT2D eigenvalue weighted by atomic mass is 16.5. The van der Waals surface area contributed by atoms with Crippen LogP contribution in [0.3, 0.4) is 0 Å². The number of nitrogens with one attached hydrogen (secondary N) is 1. The number of anilines is 1. The summed E-state index contributed by atoms with van der Waals surface area (Å²) in [4.78, 5) is 11.6. The SMILES string of the molecule is Nc1ccc2cc(C#CCNC(=O)OCc3ccccc3)ccc2c1. The Hall–Kier alpha value is -3.45. The maximum absolute atomic E-state index is 11.6. The zero-order valence-electron chi connectivity index (χ0n) is 13.7. The summed E-state index contributed by atoms with van der Waals surface area (Å²) >= 11 is 0. The molecule has 25 heavy (non-hydrogen) atoms. The molecular weight excluding hydrogens is 312 g/mol. The van der Waals surface area contributed by atoms with E-state index in [9.17, 15) is 4.79 Å². The smallest absolute Gasteiger partial charge is 0.408 e. The average molecular weight is 330 g/mol. The number of amides is 1. The number of alkyl carbamates (subject to hydrolysis) is 1. The van der Waals surface area contributed by atoms with Crippen LogP contribution in [-0.4, -0.2) is 12.6 Å². The number of ether oxygens (including phenoxy) is 1. The van der Waals surface area contributed by atoms with Crippen molar-refractivity contribution in [3.05, 3.63) is 77.9 Å². The minimum atomic E-state index is -0.480. The van der Waals surface area contributed by atoms with Crippen LogP contribution in [0.15, 0.2) is 66.7 Å². The van der Waals surface area contributed by atoms with Gasteiger partial charge >= 0.3 is 6.09 Å². The Morgan fingerprint density at radius 2 is 1.76 bits per heavy atom. The molecule has 0 radical (unpaired) electrons. The summed E-state index contributed by atoms with van der Waals surface area (Å²) in [5.74, 6) is 5.95. The molecule has 3 N–H and O–H groups in total. The van der Waals surface area contributed by atoms with Gasteiger partial charge in [-0.2, -0.15) is 0 Å². The third kappa shape index (κ3) is 4.76. The first-order valence-corrected chi connectivity index (χ1v) is 7.93. The minimum absolute atomic E-state index is 0.230. The molecule has 0 aliphatic rings. The van der Waals surface area contributed by atoms with E-state index in [2.05, 4.69) is 17.2 Å². The van der Waals surface area contributed by atoms with Gasteiger partial charge in [-0.25, -0.2) is 4.79 Å². The van der Waals surface area contributed by atoms with Crippen molar-refractivity contribution >= 4 is 22.6 Å². The molecule has 3 aromatic carbocycles. The molecule has 4 nitrogen and oxygen atoms in total.